The molecule has 0 amide bonds. The molecule has 0 bridgehead atoms. The Labute approximate surface area is 133 Å². The van der Waals surface area contributed by atoms with Crippen molar-refractivity contribution in [1.29, 1.82) is 0 Å². The van der Waals surface area contributed by atoms with Crippen LogP contribution in [0.25, 0.3) is 10.9 Å². The molecule has 0 N–H and O–H groups in total. The highest BCUT2D eigenvalue weighted by Crippen LogP contribution is 2.40. The normalized spacial score (nSPS) is 11.5. The lowest BCUT2D eigenvalue weighted by Crippen LogP contribution is -2.13. The molecule has 0 atom stereocenters. The second kappa shape index (κ2) is 5.88. The number of rotatable bonds is 3. The van der Waals surface area contributed by atoms with Gasteiger partial charge in [-0.25, -0.2) is 4.79 Å². The number of benzene rings is 1. The molecule has 0 aliphatic rings. The third-order valence-electron chi connectivity index (χ3n) is 3.18. The van der Waals surface area contributed by atoms with Crippen molar-refractivity contribution in [2.45, 2.75) is 6.18 Å². The SMILES string of the molecule is COc1ccc(Oc2c(C(F)(F)F)oc(=O)c3cccnc23)cc1. The van der Waals surface area contributed by atoms with Crippen molar-refractivity contribution in [1.82, 2.24) is 4.98 Å². The molecule has 8 heteroatoms. The van der Waals surface area contributed by atoms with Crippen LogP contribution >= 0.6 is 0 Å². The number of methoxy groups -OCH3 is 1. The van der Waals surface area contributed by atoms with Crippen LogP contribution in [0.1, 0.15) is 5.76 Å². The Balaban J connectivity index is 2.20. The Morgan fingerprint density at radius 3 is 2.38 bits per heavy atom. The van der Waals surface area contributed by atoms with Gasteiger partial charge < -0.3 is 13.9 Å². The number of ether oxygens (including phenoxy) is 2. The summed E-state index contributed by atoms with van der Waals surface area (Å²) in [5.74, 6) is -1.57. The van der Waals surface area contributed by atoms with Crippen LogP contribution < -0.4 is 15.1 Å². The van der Waals surface area contributed by atoms with Crippen molar-refractivity contribution in [2.75, 3.05) is 7.11 Å². The fraction of sp³-hybridized carbons (Fsp3) is 0.125. The molecular weight excluding hydrogens is 327 g/mol. The highest BCUT2D eigenvalue weighted by Gasteiger charge is 2.40. The molecule has 3 rings (SSSR count). The molecule has 0 saturated carbocycles. The summed E-state index contributed by atoms with van der Waals surface area (Å²) in [4.78, 5) is 15.6. The maximum absolute atomic E-state index is 13.2. The summed E-state index contributed by atoms with van der Waals surface area (Å²) in [5.41, 5.74) is -1.36. The lowest BCUT2D eigenvalue weighted by molar-refractivity contribution is -0.155. The van der Waals surface area contributed by atoms with Gasteiger partial charge in [0.25, 0.3) is 5.76 Å². The average molecular weight is 337 g/mol. The zero-order valence-electron chi connectivity index (χ0n) is 12.3. The van der Waals surface area contributed by atoms with Crippen LogP contribution in [0.2, 0.25) is 0 Å². The van der Waals surface area contributed by atoms with Crippen LogP contribution in [0.3, 0.4) is 0 Å². The summed E-state index contributed by atoms with van der Waals surface area (Å²) in [7, 11) is 1.46. The average Bonchev–Trinajstić information content (AvgIpc) is 2.57. The highest BCUT2D eigenvalue weighted by molar-refractivity contribution is 5.84. The van der Waals surface area contributed by atoms with Crippen molar-refractivity contribution in [3.05, 3.63) is 58.8 Å². The van der Waals surface area contributed by atoms with Crippen molar-refractivity contribution < 1.29 is 27.1 Å². The molecule has 0 unspecified atom stereocenters. The molecule has 0 radical (unpaired) electrons. The summed E-state index contributed by atoms with van der Waals surface area (Å²) >= 11 is 0. The van der Waals surface area contributed by atoms with E-state index in [2.05, 4.69) is 9.40 Å². The predicted molar refractivity (Wildman–Crippen MR) is 78.3 cm³/mol. The number of nitrogens with zero attached hydrogens (tertiary/aromatic N) is 1. The van der Waals surface area contributed by atoms with Crippen molar-refractivity contribution in [2.24, 2.45) is 0 Å². The van der Waals surface area contributed by atoms with Gasteiger partial charge in [0, 0.05) is 6.20 Å². The van der Waals surface area contributed by atoms with Gasteiger partial charge >= 0.3 is 11.8 Å². The van der Waals surface area contributed by atoms with Gasteiger partial charge in [-0.15, -0.1) is 0 Å². The number of aromatic nitrogens is 1. The number of fused-ring (bicyclic) bond motifs is 1. The highest BCUT2D eigenvalue weighted by atomic mass is 19.4. The summed E-state index contributed by atoms with van der Waals surface area (Å²) < 4.78 is 54.4. The standard InChI is InChI=1S/C16H10F3NO4/c1-22-9-4-6-10(7-5-9)23-13-12-11(3-2-8-20-12)15(21)24-14(13)16(17,18)19/h2-8H,1H3. The molecule has 124 valence electrons. The molecule has 0 aliphatic carbocycles. The smallest absolute Gasteiger partial charge is 0.453 e. The molecule has 0 aliphatic heterocycles. The Bertz CT molecular complexity index is 933. The van der Waals surface area contributed by atoms with Crippen LogP contribution in [0, 0.1) is 0 Å². The largest absolute Gasteiger partial charge is 0.497 e. The summed E-state index contributed by atoms with van der Waals surface area (Å²) in [6.07, 6.45) is -3.64. The van der Waals surface area contributed by atoms with E-state index in [0.29, 0.717) is 5.75 Å². The van der Waals surface area contributed by atoms with Gasteiger partial charge in [-0.1, -0.05) is 0 Å². The monoisotopic (exact) mass is 337 g/mol. The zero-order chi connectivity index (χ0) is 17.3. The van der Waals surface area contributed by atoms with Gasteiger partial charge in [-0.2, -0.15) is 13.2 Å². The Morgan fingerprint density at radius 2 is 1.75 bits per heavy atom. The van der Waals surface area contributed by atoms with E-state index in [1.807, 2.05) is 0 Å². The fourth-order valence-corrected chi connectivity index (χ4v) is 2.10. The van der Waals surface area contributed by atoms with Crippen molar-refractivity contribution in [3.8, 4) is 17.2 Å². The van der Waals surface area contributed by atoms with Gasteiger partial charge in [0.15, 0.2) is 0 Å². The number of pyridine rings is 1. The molecule has 24 heavy (non-hydrogen) atoms. The number of alkyl halides is 3. The minimum atomic E-state index is -4.91. The fourth-order valence-electron chi connectivity index (χ4n) is 2.10. The van der Waals surface area contributed by atoms with Gasteiger partial charge in [0.05, 0.1) is 12.5 Å². The van der Waals surface area contributed by atoms with Gasteiger partial charge in [-0.05, 0) is 36.4 Å². The molecule has 0 fully saturated rings. The van der Waals surface area contributed by atoms with Crippen LogP contribution in [-0.4, -0.2) is 12.1 Å². The van der Waals surface area contributed by atoms with Crippen LogP contribution in [-0.2, 0) is 6.18 Å². The lowest BCUT2D eigenvalue weighted by Gasteiger charge is -2.13. The first-order chi connectivity index (χ1) is 11.4. The Morgan fingerprint density at radius 1 is 1.08 bits per heavy atom. The quantitative estimate of drug-likeness (QED) is 0.723. The maximum atomic E-state index is 13.2. The zero-order valence-corrected chi connectivity index (χ0v) is 12.3. The van der Waals surface area contributed by atoms with E-state index in [-0.39, 0.29) is 16.7 Å². The Hall–Kier alpha value is -3.03. The van der Waals surface area contributed by atoms with E-state index in [4.69, 9.17) is 9.47 Å². The summed E-state index contributed by atoms with van der Waals surface area (Å²) in [5, 5.41) is -0.103. The molecule has 5 nitrogen and oxygen atoms in total. The minimum absolute atomic E-state index is 0.103. The molecule has 0 saturated heterocycles. The number of hydrogen-bond donors (Lipinski definition) is 0. The molecular formula is C16H10F3NO4. The van der Waals surface area contributed by atoms with E-state index in [9.17, 15) is 18.0 Å². The molecule has 2 aromatic heterocycles. The van der Waals surface area contributed by atoms with Crippen LogP contribution in [0.15, 0.2) is 51.8 Å². The summed E-state index contributed by atoms with van der Waals surface area (Å²) in [6, 6.07) is 8.64. The van der Waals surface area contributed by atoms with Crippen LogP contribution in [0.4, 0.5) is 13.2 Å². The second-order valence-corrected chi connectivity index (χ2v) is 4.72. The van der Waals surface area contributed by atoms with Crippen LogP contribution in [0.5, 0.6) is 17.2 Å². The van der Waals surface area contributed by atoms with Gasteiger partial charge in [-0.3, -0.25) is 4.98 Å². The van der Waals surface area contributed by atoms with E-state index in [0.717, 1.165) is 0 Å². The first-order valence-corrected chi connectivity index (χ1v) is 6.71. The molecule has 0 spiro atoms. The predicted octanol–water partition coefficient (Wildman–Crippen LogP) is 4.01. The molecule has 1 aromatic carbocycles. The van der Waals surface area contributed by atoms with E-state index < -0.39 is 23.3 Å². The van der Waals surface area contributed by atoms with E-state index in [1.54, 1.807) is 0 Å². The first-order valence-electron chi connectivity index (χ1n) is 6.71. The third kappa shape index (κ3) is 2.90. The summed E-state index contributed by atoms with van der Waals surface area (Å²) in [6.45, 7) is 0. The molecule has 3 aromatic rings. The maximum Gasteiger partial charge on any atom is 0.453 e. The first kappa shape index (κ1) is 15.9. The van der Waals surface area contributed by atoms with E-state index in [1.165, 1.54) is 49.7 Å². The van der Waals surface area contributed by atoms with E-state index >= 15 is 0 Å². The van der Waals surface area contributed by atoms with Gasteiger partial charge in [0.1, 0.15) is 17.0 Å². The Kier molecular flexibility index (Phi) is 3.88. The topological polar surface area (TPSA) is 61.6 Å². The minimum Gasteiger partial charge on any atom is -0.497 e. The second-order valence-electron chi connectivity index (χ2n) is 4.72. The third-order valence-corrected chi connectivity index (χ3v) is 3.18. The van der Waals surface area contributed by atoms with Gasteiger partial charge in [0.2, 0.25) is 5.75 Å². The molecule has 2 heterocycles. The van der Waals surface area contributed by atoms with Crippen molar-refractivity contribution >= 4 is 10.9 Å². The number of halogens is 3. The van der Waals surface area contributed by atoms with Crippen molar-refractivity contribution in [3.63, 3.8) is 0 Å². The lowest BCUT2D eigenvalue weighted by atomic mass is 10.2. The number of hydrogen-bond acceptors (Lipinski definition) is 5.